The summed E-state index contributed by atoms with van der Waals surface area (Å²) in [4.78, 5) is 26.0. The molecule has 1 saturated carbocycles. The number of nitrogens with zero attached hydrogens (tertiary/aromatic N) is 1. The normalized spacial score (nSPS) is 18.4. The lowest BCUT2D eigenvalue weighted by Crippen LogP contribution is -2.47. The molecule has 3 rings (SSSR count). The summed E-state index contributed by atoms with van der Waals surface area (Å²) >= 11 is 0. The van der Waals surface area contributed by atoms with E-state index in [2.05, 4.69) is 5.32 Å². The van der Waals surface area contributed by atoms with Gasteiger partial charge in [0.25, 0.3) is 0 Å². The van der Waals surface area contributed by atoms with Gasteiger partial charge < -0.3 is 20.3 Å². The molecule has 0 aromatic heterocycles. The minimum Gasteiger partial charge on any atom is -0.465 e. The maximum absolute atomic E-state index is 12.5. The zero-order valence-electron chi connectivity index (χ0n) is 19.6. The van der Waals surface area contributed by atoms with Crippen molar-refractivity contribution in [1.29, 1.82) is 0 Å². The number of aliphatic hydroxyl groups is 1. The van der Waals surface area contributed by atoms with E-state index in [0.29, 0.717) is 37.8 Å². The van der Waals surface area contributed by atoms with Crippen LogP contribution in [0.1, 0.15) is 52.0 Å². The number of anilines is 1. The molecule has 2 amide bonds. The number of rotatable bonds is 6. The van der Waals surface area contributed by atoms with Crippen LogP contribution in [0.4, 0.5) is 15.3 Å². The highest BCUT2D eigenvalue weighted by molar-refractivity contribution is 5.93. The number of ether oxygens (including phenoxy) is 1. The van der Waals surface area contributed by atoms with E-state index < -0.39 is 17.8 Å². The van der Waals surface area contributed by atoms with Crippen LogP contribution >= 0.6 is 0 Å². The highest BCUT2D eigenvalue weighted by Crippen LogP contribution is 2.36. The van der Waals surface area contributed by atoms with Gasteiger partial charge in [0.05, 0.1) is 5.69 Å². The maximum Gasteiger partial charge on any atom is 0.412 e. The predicted molar refractivity (Wildman–Crippen MR) is 129 cm³/mol. The van der Waals surface area contributed by atoms with Crippen LogP contribution in [0.2, 0.25) is 0 Å². The second kappa shape index (κ2) is 10.7. The largest absolute Gasteiger partial charge is 0.465 e. The third-order valence-corrected chi connectivity index (χ3v) is 5.80. The molecule has 2 aromatic carbocycles. The summed E-state index contributed by atoms with van der Waals surface area (Å²) in [5.41, 5.74) is 2.74. The van der Waals surface area contributed by atoms with E-state index in [-0.39, 0.29) is 18.7 Å². The number of carbonyl (C=O) groups excluding carboxylic acids is 1. The van der Waals surface area contributed by atoms with E-state index in [4.69, 9.17) is 4.74 Å². The summed E-state index contributed by atoms with van der Waals surface area (Å²) in [5.74, 6) is 0. The average Bonchev–Trinajstić information content (AvgIpc) is 2.75. The molecule has 2 aromatic rings. The number of aliphatic hydroxyl groups excluding tert-OH is 1. The number of amides is 2. The van der Waals surface area contributed by atoms with Gasteiger partial charge in [-0.3, -0.25) is 4.90 Å². The molecule has 3 N–H and O–H groups in total. The first-order valence-corrected chi connectivity index (χ1v) is 11.5. The first-order chi connectivity index (χ1) is 15.7. The number of hydrogen-bond donors (Lipinski definition) is 3. The van der Waals surface area contributed by atoms with E-state index in [1.807, 2.05) is 69.3 Å². The van der Waals surface area contributed by atoms with E-state index >= 15 is 0 Å². The molecule has 0 unspecified atom stereocenters. The molecular formula is C26H34N2O5. The SMILES string of the molecule is CC(C)(C)OC(=O)NC1CCC(N(C(=O)O)c2cc(CCO)ccc2-c2ccccc2)CC1. The molecule has 0 saturated heterocycles. The Morgan fingerprint density at radius 3 is 2.30 bits per heavy atom. The fraction of sp³-hybridized carbons (Fsp3) is 0.462. The number of carboxylic acid groups (broad SMARTS) is 1. The molecule has 0 aliphatic heterocycles. The molecule has 1 fully saturated rings. The second-order valence-corrected chi connectivity index (χ2v) is 9.50. The van der Waals surface area contributed by atoms with Gasteiger partial charge in [-0.2, -0.15) is 0 Å². The van der Waals surface area contributed by atoms with Crippen molar-refractivity contribution in [3.63, 3.8) is 0 Å². The van der Waals surface area contributed by atoms with E-state index in [1.165, 1.54) is 4.90 Å². The van der Waals surface area contributed by atoms with Gasteiger partial charge in [0.1, 0.15) is 5.60 Å². The summed E-state index contributed by atoms with van der Waals surface area (Å²) < 4.78 is 5.35. The minimum atomic E-state index is -1.00. The Morgan fingerprint density at radius 2 is 1.73 bits per heavy atom. The Labute approximate surface area is 195 Å². The minimum absolute atomic E-state index is 0.00135. The number of hydrogen-bond acceptors (Lipinski definition) is 4. The molecule has 1 aliphatic rings. The van der Waals surface area contributed by atoms with Crippen LogP contribution in [0, 0.1) is 0 Å². The standard InChI is InChI=1S/C26H34N2O5/c1-26(2,3)33-24(30)27-20-10-12-21(13-11-20)28(25(31)32)23-17-18(15-16-29)9-14-22(23)19-7-5-4-6-8-19/h4-9,14,17,20-21,29H,10-13,15-16H2,1-3H3,(H,27,30)(H,31,32). The Hall–Kier alpha value is -3.06. The van der Waals surface area contributed by atoms with Crippen molar-refractivity contribution in [2.75, 3.05) is 11.5 Å². The number of benzene rings is 2. The summed E-state index contributed by atoms with van der Waals surface area (Å²) in [6, 6.07) is 15.2. The summed E-state index contributed by atoms with van der Waals surface area (Å²) in [6.45, 7) is 5.47. The fourth-order valence-electron chi connectivity index (χ4n) is 4.33. The lowest BCUT2D eigenvalue weighted by Gasteiger charge is -2.36. The highest BCUT2D eigenvalue weighted by Gasteiger charge is 2.32. The predicted octanol–water partition coefficient (Wildman–Crippen LogP) is 5.21. The zero-order chi connectivity index (χ0) is 24.0. The quantitative estimate of drug-likeness (QED) is 0.557. The maximum atomic E-state index is 12.5. The summed E-state index contributed by atoms with van der Waals surface area (Å²) in [7, 11) is 0. The fourth-order valence-corrected chi connectivity index (χ4v) is 4.33. The number of alkyl carbamates (subject to hydrolysis) is 1. The van der Waals surface area contributed by atoms with E-state index in [1.54, 1.807) is 0 Å². The van der Waals surface area contributed by atoms with Crippen LogP contribution < -0.4 is 10.2 Å². The van der Waals surface area contributed by atoms with Crippen LogP contribution in [-0.4, -0.2) is 46.7 Å². The molecule has 0 spiro atoms. The van der Waals surface area contributed by atoms with Crippen molar-refractivity contribution in [3.8, 4) is 11.1 Å². The molecule has 7 heteroatoms. The lowest BCUT2D eigenvalue weighted by atomic mass is 9.89. The third kappa shape index (κ3) is 6.71. The van der Waals surface area contributed by atoms with Crippen LogP contribution in [0.3, 0.4) is 0 Å². The zero-order valence-corrected chi connectivity index (χ0v) is 19.6. The van der Waals surface area contributed by atoms with Gasteiger partial charge >= 0.3 is 12.2 Å². The van der Waals surface area contributed by atoms with Gasteiger partial charge in [-0.25, -0.2) is 9.59 Å². The van der Waals surface area contributed by atoms with Crippen molar-refractivity contribution in [3.05, 3.63) is 54.1 Å². The number of nitrogens with one attached hydrogen (secondary N) is 1. The molecule has 178 valence electrons. The second-order valence-electron chi connectivity index (χ2n) is 9.50. The first kappa shape index (κ1) is 24.6. The van der Waals surface area contributed by atoms with Gasteiger partial charge in [0, 0.05) is 24.3 Å². The lowest BCUT2D eigenvalue weighted by molar-refractivity contribution is 0.0490. The molecule has 0 heterocycles. The van der Waals surface area contributed by atoms with Crippen molar-refractivity contribution >= 4 is 17.9 Å². The Bertz CT molecular complexity index is 947. The van der Waals surface area contributed by atoms with Gasteiger partial charge in [0.2, 0.25) is 0 Å². The van der Waals surface area contributed by atoms with Gasteiger partial charge in [-0.15, -0.1) is 0 Å². The Balaban J connectivity index is 1.81. The van der Waals surface area contributed by atoms with Crippen LogP contribution in [-0.2, 0) is 11.2 Å². The molecule has 1 aliphatic carbocycles. The van der Waals surface area contributed by atoms with Crippen molar-refractivity contribution in [1.82, 2.24) is 5.32 Å². The van der Waals surface area contributed by atoms with Crippen LogP contribution in [0.15, 0.2) is 48.5 Å². The third-order valence-electron chi connectivity index (χ3n) is 5.80. The smallest absolute Gasteiger partial charge is 0.412 e. The van der Waals surface area contributed by atoms with Gasteiger partial charge in [-0.1, -0.05) is 42.5 Å². The first-order valence-electron chi connectivity index (χ1n) is 11.5. The van der Waals surface area contributed by atoms with Crippen LogP contribution in [0.5, 0.6) is 0 Å². The monoisotopic (exact) mass is 454 g/mol. The molecule has 33 heavy (non-hydrogen) atoms. The van der Waals surface area contributed by atoms with Crippen molar-refractivity contribution in [2.45, 2.75) is 70.6 Å². The van der Waals surface area contributed by atoms with E-state index in [0.717, 1.165) is 16.7 Å². The Morgan fingerprint density at radius 1 is 1.06 bits per heavy atom. The molecule has 0 atom stereocenters. The van der Waals surface area contributed by atoms with E-state index in [9.17, 15) is 19.8 Å². The average molecular weight is 455 g/mol. The molecular weight excluding hydrogens is 420 g/mol. The van der Waals surface area contributed by atoms with Crippen LogP contribution in [0.25, 0.3) is 11.1 Å². The molecule has 7 nitrogen and oxygen atoms in total. The van der Waals surface area contributed by atoms with Gasteiger partial charge in [0.15, 0.2) is 0 Å². The summed E-state index contributed by atoms with van der Waals surface area (Å²) in [6.07, 6.45) is 1.62. The topological polar surface area (TPSA) is 99.1 Å². The van der Waals surface area contributed by atoms with Gasteiger partial charge in [-0.05, 0) is 70.1 Å². The molecule has 0 bridgehead atoms. The highest BCUT2D eigenvalue weighted by atomic mass is 16.6. The Kier molecular flexibility index (Phi) is 7.97. The van der Waals surface area contributed by atoms with Crippen molar-refractivity contribution < 1.29 is 24.5 Å². The number of carbonyl (C=O) groups is 2. The van der Waals surface area contributed by atoms with Crippen molar-refractivity contribution in [2.24, 2.45) is 0 Å². The molecule has 0 radical (unpaired) electrons. The summed E-state index contributed by atoms with van der Waals surface area (Å²) in [5, 5.41) is 22.5.